The third kappa shape index (κ3) is 1.91. The van der Waals surface area contributed by atoms with Gasteiger partial charge in [0.05, 0.1) is 12.7 Å². The Morgan fingerprint density at radius 1 is 1.25 bits per heavy atom. The molecule has 0 bridgehead atoms. The van der Waals surface area contributed by atoms with E-state index < -0.39 is 0 Å². The van der Waals surface area contributed by atoms with Crippen LogP contribution in [0.2, 0.25) is 0 Å². The molecule has 3 fully saturated rings. The minimum Gasteiger partial charge on any atom is -0.375 e. The van der Waals surface area contributed by atoms with Gasteiger partial charge in [-0.25, -0.2) is 0 Å². The highest BCUT2D eigenvalue weighted by Gasteiger charge is 2.42. The standard InChI is InChI=1S/C13H23NOS/c16-10-13(5-2-6-13)9-14-7-8-15-12-4-1-3-11(12)14/h11-12,16H,1-10H2. The molecule has 3 heteroatoms. The maximum atomic E-state index is 5.87. The first-order valence-electron chi connectivity index (χ1n) is 6.80. The lowest BCUT2D eigenvalue weighted by Crippen LogP contribution is -2.54. The predicted octanol–water partition coefficient (Wildman–Crippen LogP) is 2.34. The smallest absolute Gasteiger partial charge is 0.0730 e. The molecule has 1 heterocycles. The second kappa shape index (κ2) is 4.51. The van der Waals surface area contributed by atoms with Crippen molar-refractivity contribution in [2.75, 3.05) is 25.4 Å². The summed E-state index contributed by atoms with van der Waals surface area (Å²) in [6.45, 7) is 3.38. The molecule has 1 saturated heterocycles. The first kappa shape index (κ1) is 11.4. The summed E-state index contributed by atoms with van der Waals surface area (Å²) < 4.78 is 5.87. The summed E-state index contributed by atoms with van der Waals surface area (Å²) in [6, 6.07) is 0.728. The van der Waals surface area contributed by atoms with E-state index in [0.29, 0.717) is 11.5 Å². The maximum absolute atomic E-state index is 5.87. The molecule has 92 valence electrons. The van der Waals surface area contributed by atoms with Crippen LogP contribution in [0.15, 0.2) is 0 Å². The van der Waals surface area contributed by atoms with Crippen LogP contribution in [0.3, 0.4) is 0 Å². The molecule has 0 aromatic rings. The highest BCUT2D eigenvalue weighted by molar-refractivity contribution is 7.80. The van der Waals surface area contributed by atoms with E-state index in [-0.39, 0.29) is 0 Å². The normalized spacial score (nSPS) is 38.1. The molecular weight excluding hydrogens is 218 g/mol. The van der Waals surface area contributed by atoms with E-state index in [9.17, 15) is 0 Å². The van der Waals surface area contributed by atoms with Crippen LogP contribution in [-0.4, -0.2) is 42.5 Å². The summed E-state index contributed by atoms with van der Waals surface area (Å²) in [6.07, 6.45) is 8.75. The molecule has 1 aliphatic heterocycles. The molecule has 2 aliphatic carbocycles. The second-order valence-corrected chi connectivity index (χ2v) is 6.21. The quantitative estimate of drug-likeness (QED) is 0.762. The number of hydrogen-bond donors (Lipinski definition) is 1. The van der Waals surface area contributed by atoms with Gasteiger partial charge in [0.2, 0.25) is 0 Å². The Morgan fingerprint density at radius 3 is 2.81 bits per heavy atom. The van der Waals surface area contributed by atoms with Crippen molar-refractivity contribution in [3.05, 3.63) is 0 Å². The molecule has 2 nitrogen and oxygen atoms in total. The van der Waals surface area contributed by atoms with Crippen LogP contribution in [-0.2, 0) is 4.74 Å². The van der Waals surface area contributed by atoms with Gasteiger partial charge in [0.1, 0.15) is 0 Å². The lowest BCUT2D eigenvalue weighted by atomic mass is 9.69. The first-order valence-corrected chi connectivity index (χ1v) is 7.43. The average molecular weight is 241 g/mol. The fraction of sp³-hybridized carbons (Fsp3) is 1.00. The summed E-state index contributed by atoms with van der Waals surface area (Å²) in [7, 11) is 0. The van der Waals surface area contributed by atoms with E-state index in [1.807, 2.05) is 0 Å². The van der Waals surface area contributed by atoms with Crippen LogP contribution >= 0.6 is 12.6 Å². The fourth-order valence-electron chi connectivity index (χ4n) is 3.68. The number of thiol groups is 1. The van der Waals surface area contributed by atoms with E-state index in [1.165, 1.54) is 45.1 Å². The molecular formula is C13H23NOS. The van der Waals surface area contributed by atoms with Crippen molar-refractivity contribution in [2.24, 2.45) is 5.41 Å². The van der Waals surface area contributed by atoms with Gasteiger partial charge in [-0.1, -0.05) is 6.42 Å². The van der Waals surface area contributed by atoms with Crippen molar-refractivity contribution in [1.82, 2.24) is 4.90 Å². The molecule has 2 saturated carbocycles. The van der Waals surface area contributed by atoms with Gasteiger partial charge in [-0.15, -0.1) is 0 Å². The van der Waals surface area contributed by atoms with Crippen LogP contribution in [0.5, 0.6) is 0 Å². The molecule has 0 radical (unpaired) electrons. The molecule has 3 rings (SSSR count). The number of fused-ring (bicyclic) bond motifs is 1. The minimum absolute atomic E-state index is 0.547. The minimum atomic E-state index is 0.547. The third-order valence-electron chi connectivity index (χ3n) is 4.89. The molecule has 0 spiro atoms. The van der Waals surface area contributed by atoms with Crippen molar-refractivity contribution in [2.45, 2.75) is 50.7 Å². The van der Waals surface area contributed by atoms with E-state index in [2.05, 4.69) is 17.5 Å². The Morgan fingerprint density at radius 2 is 2.12 bits per heavy atom. The molecule has 16 heavy (non-hydrogen) atoms. The highest BCUT2D eigenvalue weighted by atomic mass is 32.1. The number of morpholine rings is 1. The number of rotatable bonds is 3. The Bertz CT molecular complexity index is 249. The summed E-state index contributed by atoms with van der Waals surface area (Å²) in [4.78, 5) is 2.72. The molecule has 2 unspecified atom stereocenters. The van der Waals surface area contributed by atoms with Gasteiger partial charge >= 0.3 is 0 Å². The van der Waals surface area contributed by atoms with Gasteiger partial charge in [0.15, 0.2) is 0 Å². The SMILES string of the molecule is SCC1(CN2CCOC3CCCC32)CCC1. The van der Waals surface area contributed by atoms with Crippen molar-refractivity contribution >= 4 is 12.6 Å². The van der Waals surface area contributed by atoms with Gasteiger partial charge in [-0.2, -0.15) is 12.6 Å². The molecule has 0 N–H and O–H groups in total. The summed E-state index contributed by atoms with van der Waals surface area (Å²) in [5.74, 6) is 1.07. The zero-order valence-electron chi connectivity index (χ0n) is 10.0. The van der Waals surface area contributed by atoms with Crippen molar-refractivity contribution in [3.8, 4) is 0 Å². The van der Waals surface area contributed by atoms with Gasteiger partial charge < -0.3 is 4.74 Å². The monoisotopic (exact) mass is 241 g/mol. The van der Waals surface area contributed by atoms with Crippen molar-refractivity contribution < 1.29 is 4.74 Å². The Hall–Kier alpha value is 0.270. The number of nitrogens with zero attached hydrogens (tertiary/aromatic N) is 1. The van der Waals surface area contributed by atoms with Crippen LogP contribution in [0.1, 0.15) is 38.5 Å². The van der Waals surface area contributed by atoms with Gasteiger partial charge in [-0.05, 0) is 43.3 Å². The summed E-state index contributed by atoms with van der Waals surface area (Å²) >= 11 is 4.57. The van der Waals surface area contributed by atoms with Gasteiger partial charge in [-0.3, -0.25) is 4.90 Å². The van der Waals surface area contributed by atoms with Crippen molar-refractivity contribution in [1.29, 1.82) is 0 Å². The molecule has 0 aromatic carbocycles. The van der Waals surface area contributed by atoms with Crippen LogP contribution in [0.25, 0.3) is 0 Å². The van der Waals surface area contributed by atoms with E-state index in [4.69, 9.17) is 4.74 Å². The molecule has 3 aliphatic rings. The van der Waals surface area contributed by atoms with Gasteiger partial charge in [0, 0.05) is 19.1 Å². The molecule has 0 amide bonds. The predicted molar refractivity (Wildman–Crippen MR) is 69.1 cm³/mol. The number of ether oxygens (including phenoxy) is 1. The van der Waals surface area contributed by atoms with Crippen LogP contribution in [0, 0.1) is 5.41 Å². The summed E-state index contributed by atoms with van der Waals surface area (Å²) in [5.41, 5.74) is 0.549. The van der Waals surface area contributed by atoms with Gasteiger partial charge in [0.25, 0.3) is 0 Å². The van der Waals surface area contributed by atoms with E-state index in [0.717, 1.165) is 24.9 Å². The topological polar surface area (TPSA) is 12.5 Å². The van der Waals surface area contributed by atoms with Crippen LogP contribution < -0.4 is 0 Å². The maximum Gasteiger partial charge on any atom is 0.0730 e. The number of hydrogen-bond acceptors (Lipinski definition) is 3. The highest BCUT2D eigenvalue weighted by Crippen LogP contribution is 2.44. The zero-order valence-corrected chi connectivity index (χ0v) is 10.9. The largest absolute Gasteiger partial charge is 0.375 e. The zero-order chi connectivity index (χ0) is 11.0. The first-order chi connectivity index (χ1) is 7.83. The molecule has 0 aromatic heterocycles. The lowest BCUT2D eigenvalue weighted by Gasteiger charge is -2.48. The molecule has 2 atom stereocenters. The van der Waals surface area contributed by atoms with E-state index in [1.54, 1.807) is 0 Å². The lowest BCUT2D eigenvalue weighted by molar-refractivity contribution is -0.0744. The second-order valence-electron chi connectivity index (χ2n) is 5.89. The van der Waals surface area contributed by atoms with Crippen LogP contribution in [0.4, 0.5) is 0 Å². The summed E-state index contributed by atoms with van der Waals surface area (Å²) in [5, 5.41) is 0. The average Bonchev–Trinajstić information content (AvgIpc) is 2.72. The van der Waals surface area contributed by atoms with E-state index >= 15 is 0 Å². The third-order valence-corrected chi connectivity index (χ3v) is 5.56. The Balaban J connectivity index is 1.64. The Labute approximate surface area is 104 Å². The Kier molecular flexibility index (Phi) is 3.20. The van der Waals surface area contributed by atoms with Crippen molar-refractivity contribution in [3.63, 3.8) is 0 Å². The fourth-order valence-corrected chi connectivity index (χ4v) is 4.09.